The van der Waals surface area contributed by atoms with Crippen LogP contribution in [0.1, 0.15) is 50.0 Å². The van der Waals surface area contributed by atoms with Crippen LogP contribution in [0.4, 0.5) is 0 Å². The maximum Gasteiger partial charge on any atom is 0.303 e. The number of carboxylic acids is 1. The number of rotatable bonds is 7. The number of nitrogens with zero attached hydrogens (tertiary/aromatic N) is 2. The van der Waals surface area contributed by atoms with Crippen LogP contribution in [0.25, 0.3) is 0 Å². The first-order valence-corrected chi connectivity index (χ1v) is 7.19. The van der Waals surface area contributed by atoms with Crippen LogP contribution in [0.5, 0.6) is 0 Å². The molecule has 0 fully saturated rings. The Morgan fingerprint density at radius 2 is 2.00 bits per heavy atom. The summed E-state index contributed by atoms with van der Waals surface area (Å²) in [6.45, 7) is 3.95. The summed E-state index contributed by atoms with van der Waals surface area (Å²) < 4.78 is 5.73. The SMILES string of the molecule is CCC(c1ccccc1)c1nnc(CC(C)CC(=O)O)o1. The van der Waals surface area contributed by atoms with E-state index < -0.39 is 5.97 Å². The quantitative estimate of drug-likeness (QED) is 0.846. The molecule has 5 heteroatoms. The summed E-state index contributed by atoms with van der Waals surface area (Å²) in [6.07, 6.45) is 1.47. The van der Waals surface area contributed by atoms with Gasteiger partial charge in [0.25, 0.3) is 0 Å². The van der Waals surface area contributed by atoms with Crippen molar-refractivity contribution in [1.29, 1.82) is 0 Å². The van der Waals surface area contributed by atoms with Gasteiger partial charge in [-0.05, 0) is 17.9 Å². The molecule has 2 unspecified atom stereocenters. The third-order valence-corrected chi connectivity index (χ3v) is 3.44. The van der Waals surface area contributed by atoms with Crippen molar-refractivity contribution in [3.8, 4) is 0 Å². The summed E-state index contributed by atoms with van der Waals surface area (Å²) >= 11 is 0. The van der Waals surface area contributed by atoms with Crippen LogP contribution in [0, 0.1) is 5.92 Å². The van der Waals surface area contributed by atoms with Crippen molar-refractivity contribution in [2.24, 2.45) is 5.92 Å². The highest BCUT2D eigenvalue weighted by molar-refractivity contribution is 5.66. The number of carbonyl (C=O) groups is 1. The fraction of sp³-hybridized carbons (Fsp3) is 0.438. The smallest absolute Gasteiger partial charge is 0.303 e. The molecule has 2 aromatic rings. The van der Waals surface area contributed by atoms with Crippen LogP contribution in [0.15, 0.2) is 34.7 Å². The highest BCUT2D eigenvalue weighted by atomic mass is 16.4. The van der Waals surface area contributed by atoms with Crippen LogP contribution in [0.2, 0.25) is 0 Å². The van der Waals surface area contributed by atoms with Crippen molar-refractivity contribution in [2.45, 2.75) is 39.0 Å². The van der Waals surface area contributed by atoms with Crippen LogP contribution in [-0.4, -0.2) is 21.3 Å². The summed E-state index contributed by atoms with van der Waals surface area (Å²) in [6, 6.07) is 10.0. The van der Waals surface area contributed by atoms with Gasteiger partial charge >= 0.3 is 5.97 Å². The average Bonchev–Trinajstić information content (AvgIpc) is 2.88. The van der Waals surface area contributed by atoms with E-state index in [9.17, 15) is 4.79 Å². The van der Waals surface area contributed by atoms with Gasteiger partial charge in [-0.15, -0.1) is 10.2 Å². The Morgan fingerprint density at radius 3 is 2.62 bits per heavy atom. The second-order valence-corrected chi connectivity index (χ2v) is 5.31. The molecule has 0 aliphatic carbocycles. The lowest BCUT2D eigenvalue weighted by atomic mass is 9.97. The Bertz CT molecular complexity index is 580. The third kappa shape index (κ3) is 4.15. The highest BCUT2D eigenvalue weighted by Gasteiger charge is 2.20. The van der Waals surface area contributed by atoms with E-state index in [2.05, 4.69) is 17.1 Å². The summed E-state index contributed by atoms with van der Waals surface area (Å²) in [7, 11) is 0. The third-order valence-electron chi connectivity index (χ3n) is 3.44. The number of hydrogen-bond acceptors (Lipinski definition) is 4. The molecule has 0 spiro atoms. The van der Waals surface area contributed by atoms with Crippen LogP contribution < -0.4 is 0 Å². The lowest BCUT2D eigenvalue weighted by Gasteiger charge is -2.10. The monoisotopic (exact) mass is 288 g/mol. The fourth-order valence-electron chi connectivity index (χ4n) is 2.40. The lowest BCUT2D eigenvalue weighted by Crippen LogP contribution is -2.07. The second-order valence-electron chi connectivity index (χ2n) is 5.31. The van der Waals surface area contributed by atoms with Gasteiger partial charge in [0.15, 0.2) is 0 Å². The first kappa shape index (κ1) is 15.2. The number of benzene rings is 1. The number of aromatic nitrogens is 2. The van der Waals surface area contributed by atoms with Gasteiger partial charge in [-0.25, -0.2) is 0 Å². The minimum absolute atomic E-state index is 0.0207. The van der Waals surface area contributed by atoms with Crippen molar-refractivity contribution in [3.63, 3.8) is 0 Å². The first-order chi connectivity index (χ1) is 10.1. The minimum Gasteiger partial charge on any atom is -0.481 e. The van der Waals surface area contributed by atoms with E-state index in [1.807, 2.05) is 37.3 Å². The van der Waals surface area contributed by atoms with Crippen LogP contribution in [-0.2, 0) is 11.2 Å². The van der Waals surface area contributed by atoms with Gasteiger partial charge in [0.05, 0.1) is 5.92 Å². The molecule has 21 heavy (non-hydrogen) atoms. The molecule has 5 nitrogen and oxygen atoms in total. The second kappa shape index (κ2) is 7.02. The molecule has 0 saturated heterocycles. The molecular formula is C16H20N2O3. The summed E-state index contributed by atoms with van der Waals surface area (Å²) in [5.74, 6) is 0.363. The van der Waals surface area contributed by atoms with Crippen LogP contribution >= 0.6 is 0 Å². The molecule has 1 aromatic carbocycles. The maximum atomic E-state index is 10.7. The Balaban J connectivity index is 2.09. The molecule has 0 saturated carbocycles. The fourth-order valence-corrected chi connectivity index (χ4v) is 2.40. The molecular weight excluding hydrogens is 268 g/mol. The van der Waals surface area contributed by atoms with Gasteiger partial charge in [-0.3, -0.25) is 4.79 Å². The van der Waals surface area contributed by atoms with Crippen molar-refractivity contribution in [1.82, 2.24) is 10.2 Å². The van der Waals surface area contributed by atoms with Gasteiger partial charge in [0.1, 0.15) is 0 Å². The topological polar surface area (TPSA) is 76.2 Å². The molecule has 112 valence electrons. The number of hydrogen-bond donors (Lipinski definition) is 1. The number of aliphatic carboxylic acids is 1. The van der Waals surface area contributed by atoms with E-state index in [1.165, 1.54) is 0 Å². The lowest BCUT2D eigenvalue weighted by molar-refractivity contribution is -0.137. The molecule has 2 rings (SSSR count). The molecule has 0 bridgehead atoms. The van der Waals surface area contributed by atoms with Crippen LogP contribution in [0.3, 0.4) is 0 Å². The van der Waals surface area contributed by atoms with E-state index in [1.54, 1.807) is 0 Å². The Morgan fingerprint density at radius 1 is 1.29 bits per heavy atom. The Labute approximate surface area is 124 Å². The molecule has 2 atom stereocenters. The zero-order valence-corrected chi connectivity index (χ0v) is 12.3. The predicted octanol–water partition coefficient (Wildman–Crippen LogP) is 3.26. The largest absolute Gasteiger partial charge is 0.481 e. The van der Waals surface area contributed by atoms with Crippen molar-refractivity contribution < 1.29 is 14.3 Å². The average molecular weight is 288 g/mol. The predicted molar refractivity (Wildman–Crippen MR) is 78.0 cm³/mol. The first-order valence-electron chi connectivity index (χ1n) is 7.19. The minimum atomic E-state index is -0.807. The summed E-state index contributed by atoms with van der Waals surface area (Å²) in [5.41, 5.74) is 1.15. The summed E-state index contributed by atoms with van der Waals surface area (Å²) in [4.78, 5) is 10.7. The molecule has 0 aliphatic rings. The normalized spacial score (nSPS) is 13.8. The molecule has 0 aliphatic heterocycles. The van der Waals surface area contributed by atoms with Crippen molar-refractivity contribution in [2.75, 3.05) is 0 Å². The number of carboxylic acid groups (broad SMARTS) is 1. The van der Waals surface area contributed by atoms with Gasteiger partial charge < -0.3 is 9.52 Å². The van der Waals surface area contributed by atoms with Gasteiger partial charge in [-0.1, -0.05) is 44.2 Å². The maximum absolute atomic E-state index is 10.7. The Hall–Kier alpha value is -2.17. The molecule has 1 aromatic heterocycles. The molecule has 1 N–H and O–H groups in total. The molecule has 0 amide bonds. The van der Waals surface area contributed by atoms with E-state index >= 15 is 0 Å². The highest BCUT2D eigenvalue weighted by Crippen LogP contribution is 2.27. The van der Waals surface area contributed by atoms with Gasteiger partial charge in [0.2, 0.25) is 11.8 Å². The van der Waals surface area contributed by atoms with E-state index in [0.717, 1.165) is 12.0 Å². The van der Waals surface area contributed by atoms with E-state index in [4.69, 9.17) is 9.52 Å². The van der Waals surface area contributed by atoms with Crippen molar-refractivity contribution in [3.05, 3.63) is 47.7 Å². The summed E-state index contributed by atoms with van der Waals surface area (Å²) in [5, 5.41) is 17.0. The van der Waals surface area contributed by atoms with Gasteiger partial charge in [0, 0.05) is 12.8 Å². The molecule has 1 heterocycles. The van der Waals surface area contributed by atoms with Crippen molar-refractivity contribution >= 4 is 5.97 Å². The van der Waals surface area contributed by atoms with Gasteiger partial charge in [-0.2, -0.15) is 0 Å². The molecule has 0 radical (unpaired) electrons. The standard InChI is InChI=1S/C16H20N2O3/c1-3-13(12-7-5-4-6-8-12)16-18-17-14(21-16)9-11(2)10-15(19)20/h4-8,11,13H,3,9-10H2,1-2H3,(H,19,20). The van der Waals surface area contributed by atoms with E-state index in [-0.39, 0.29) is 18.3 Å². The zero-order chi connectivity index (χ0) is 15.2. The van der Waals surface area contributed by atoms with E-state index in [0.29, 0.717) is 18.2 Å². The Kier molecular flexibility index (Phi) is 5.09. The zero-order valence-electron chi connectivity index (χ0n) is 12.3.